The van der Waals surface area contributed by atoms with Gasteiger partial charge < -0.3 is 0 Å². The summed E-state index contributed by atoms with van der Waals surface area (Å²) < 4.78 is 0. The molecule has 206 valence electrons. The van der Waals surface area contributed by atoms with Crippen LogP contribution in [0.15, 0.2) is 78.9 Å². The van der Waals surface area contributed by atoms with Gasteiger partial charge in [0.2, 0.25) is 11.8 Å². The molecule has 2 bridgehead atoms. The molecule has 3 aromatic carbocycles. The molecule has 40 heavy (non-hydrogen) atoms. The van der Waals surface area contributed by atoms with Crippen molar-refractivity contribution < 1.29 is 9.59 Å². The number of thiol groups is 1. The van der Waals surface area contributed by atoms with Crippen molar-refractivity contribution in [2.45, 2.75) is 68.3 Å². The van der Waals surface area contributed by atoms with E-state index in [4.69, 9.17) is 12.6 Å². The molecule has 8 rings (SSSR count). The molecule has 0 aromatic heterocycles. The number of hydrogen-bond acceptors (Lipinski definition) is 6. The summed E-state index contributed by atoms with van der Waals surface area (Å²) in [6, 6.07) is 29.7. The van der Waals surface area contributed by atoms with Crippen LogP contribution >= 0.6 is 12.6 Å². The van der Waals surface area contributed by atoms with Gasteiger partial charge in [0.05, 0.1) is 17.5 Å². The van der Waals surface area contributed by atoms with E-state index in [1.54, 1.807) is 0 Å². The summed E-state index contributed by atoms with van der Waals surface area (Å²) in [5, 5.41) is 2.38. The predicted octanol–water partition coefficient (Wildman–Crippen LogP) is 4.67. The van der Waals surface area contributed by atoms with E-state index in [1.165, 1.54) is 40.7 Å². The number of carbonyl (C=O) groups excluding carboxylic acids is 2. The largest absolute Gasteiger partial charge is 0.295 e. The first kappa shape index (κ1) is 26.0. The SMILES string of the molecule is O=C1CCC(N2Cc3cc(CN4CC5CCC4CN5C(c4ccccc4)c4ccccc4)ccc3C2S)C(=O)N1. The number of fused-ring (bicyclic) bond motifs is 4. The number of carbonyl (C=O) groups is 2. The van der Waals surface area contributed by atoms with Crippen molar-refractivity contribution in [3.8, 4) is 0 Å². The van der Waals surface area contributed by atoms with Crippen molar-refractivity contribution in [1.82, 2.24) is 20.0 Å². The molecule has 2 amide bonds. The maximum absolute atomic E-state index is 12.5. The number of nitrogens with one attached hydrogen (secondary N) is 1. The van der Waals surface area contributed by atoms with Gasteiger partial charge in [-0.3, -0.25) is 29.6 Å². The van der Waals surface area contributed by atoms with Crippen LogP contribution in [0.25, 0.3) is 0 Å². The van der Waals surface area contributed by atoms with Gasteiger partial charge in [-0.25, -0.2) is 0 Å². The van der Waals surface area contributed by atoms with Gasteiger partial charge in [0, 0.05) is 44.7 Å². The number of nitrogens with zero attached hydrogens (tertiary/aromatic N) is 3. The first-order chi connectivity index (χ1) is 19.5. The Morgan fingerprint density at radius 2 is 1.55 bits per heavy atom. The lowest BCUT2D eigenvalue weighted by Gasteiger charge is -2.54. The van der Waals surface area contributed by atoms with Crippen molar-refractivity contribution in [3.63, 3.8) is 0 Å². The minimum absolute atomic E-state index is 0.125. The zero-order valence-electron chi connectivity index (χ0n) is 22.7. The number of piperidine rings is 3. The number of amides is 2. The maximum atomic E-state index is 12.5. The van der Waals surface area contributed by atoms with Crippen LogP contribution in [0.2, 0.25) is 0 Å². The summed E-state index contributed by atoms with van der Waals surface area (Å²) in [6.45, 7) is 3.79. The van der Waals surface area contributed by atoms with Crippen LogP contribution in [0, 0.1) is 0 Å². The highest BCUT2D eigenvalue weighted by Crippen LogP contribution is 2.41. The van der Waals surface area contributed by atoms with Crippen LogP contribution in [0.5, 0.6) is 0 Å². The Bertz CT molecular complexity index is 1360. The van der Waals surface area contributed by atoms with E-state index < -0.39 is 0 Å². The maximum Gasteiger partial charge on any atom is 0.243 e. The van der Waals surface area contributed by atoms with Crippen LogP contribution in [0.4, 0.5) is 0 Å². The zero-order chi connectivity index (χ0) is 27.2. The fourth-order valence-corrected chi connectivity index (χ4v) is 7.92. The summed E-state index contributed by atoms with van der Waals surface area (Å²) in [6.07, 6.45) is 3.43. The second-order valence-corrected chi connectivity index (χ2v) is 12.3. The molecule has 0 radical (unpaired) electrons. The predicted molar refractivity (Wildman–Crippen MR) is 159 cm³/mol. The Kier molecular flexibility index (Phi) is 7.00. The third kappa shape index (κ3) is 4.79. The van der Waals surface area contributed by atoms with Gasteiger partial charge in [0.15, 0.2) is 0 Å². The van der Waals surface area contributed by atoms with E-state index >= 15 is 0 Å². The van der Waals surface area contributed by atoms with E-state index in [0.717, 1.165) is 19.6 Å². The molecule has 0 aliphatic carbocycles. The lowest BCUT2D eigenvalue weighted by atomic mass is 9.85. The zero-order valence-corrected chi connectivity index (χ0v) is 23.5. The van der Waals surface area contributed by atoms with Crippen LogP contribution in [0.1, 0.15) is 64.9 Å². The van der Waals surface area contributed by atoms with Gasteiger partial charge in [0.25, 0.3) is 0 Å². The van der Waals surface area contributed by atoms with Crippen molar-refractivity contribution in [2.75, 3.05) is 13.1 Å². The minimum atomic E-state index is -0.304. The minimum Gasteiger partial charge on any atom is -0.295 e. The van der Waals surface area contributed by atoms with E-state index in [9.17, 15) is 9.59 Å². The molecule has 5 aliphatic heterocycles. The van der Waals surface area contributed by atoms with Crippen molar-refractivity contribution in [3.05, 3.63) is 107 Å². The molecule has 5 heterocycles. The quantitative estimate of drug-likeness (QED) is 0.344. The van der Waals surface area contributed by atoms with Crippen LogP contribution in [-0.4, -0.2) is 57.7 Å². The molecule has 4 fully saturated rings. The Labute approximate surface area is 241 Å². The highest BCUT2D eigenvalue weighted by Gasteiger charge is 2.43. The highest BCUT2D eigenvalue weighted by molar-refractivity contribution is 7.80. The summed E-state index contributed by atoms with van der Waals surface area (Å²) in [5.74, 6) is -0.370. The van der Waals surface area contributed by atoms with E-state index in [0.29, 0.717) is 31.5 Å². The van der Waals surface area contributed by atoms with Gasteiger partial charge >= 0.3 is 0 Å². The van der Waals surface area contributed by atoms with Gasteiger partial charge in [-0.2, -0.15) is 12.6 Å². The molecule has 5 aliphatic rings. The molecular weight excluding hydrogens is 516 g/mol. The molecule has 1 N–H and O–H groups in total. The average molecular weight is 553 g/mol. The third-order valence-corrected chi connectivity index (χ3v) is 9.97. The van der Waals surface area contributed by atoms with Gasteiger partial charge in [-0.15, -0.1) is 0 Å². The van der Waals surface area contributed by atoms with Gasteiger partial charge in [-0.05, 0) is 47.1 Å². The summed E-state index contributed by atoms with van der Waals surface area (Å²) in [4.78, 5) is 31.7. The summed E-state index contributed by atoms with van der Waals surface area (Å²) >= 11 is 4.87. The lowest BCUT2D eigenvalue weighted by Crippen LogP contribution is -2.62. The van der Waals surface area contributed by atoms with Crippen molar-refractivity contribution >= 4 is 24.4 Å². The molecule has 4 unspecified atom stereocenters. The monoisotopic (exact) mass is 552 g/mol. The molecule has 4 atom stereocenters. The molecule has 0 spiro atoms. The van der Waals surface area contributed by atoms with Crippen LogP contribution < -0.4 is 5.32 Å². The van der Waals surface area contributed by atoms with Gasteiger partial charge in [-0.1, -0.05) is 78.9 Å². The smallest absolute Gasteiger partial charge is 0.243 e. The van der Waals surface area contributed by atoms with E-state index in [2.05, 4.69) is 98.9 Å². The Morgan fingerprint density at radius 3 is 2.20 bits per heavy atom. The summed E-state index contributed by atoms with van der Waals surface area (Å²) in [5.41, 5.74) is 6.49. The third-order valence-electron chi connectivity index (χ3n) is 9.40. The van der Waals surface area contributed by atoms with Crippen molar-refractivity contribution in [2.24, 2.45) is 0 Å². The van der Waals surface area contributed by atoms with Crippen LogP contribution in [0.3, 0.4) is 0 Å². The second-order valence-electron chi connectivity index (χ2n) is 11.8. The first-order valence-electron chi connectivity index (χ1n) is 14.5. The Hall–Kier alpha value is -2.97. The molecule has 7 heteroatoms. The first-order valence-corrected chi connectivity index (χ1v) is 15.1. The topological polar surface area (TPSA) is 55.9 Å². The second kappa shape index (κ2) is 10.8. The Morgan fingerprint density at radius 1 is 0.850 bits per heavy atom. The number of rotatable bonds is 6. The lowest BCUT2D eigenvalue weighted by molar-refractivity contribution is -0.137. The number of benzene rings is 3. The normalized spacial score (nSPS) is 27.2. The van der Waals surface area contributed by atoms with Gasteiger partial charge in [0.1, 0.15) is 0 Å². The van der Waals surface area contributed by atoms with E-state index in [1.807, 2.05) is 0 Å². The molecule has 3 aromatic rings. The molecule has 6 nitrogen and oxygen atoms in total. The summed E-state index contributed by atoms with van der Waals surface area (Å²) in [7, 11) is 0. The number of imide groups is 1. The van der Waals surface area contributed by atoms with Crippen LogP contribution in [-0.2, 0) is 22.7 Å². The van der Waals surface area contributed by atoms with E-state index in [-0.39, 0.29) is 29.3 Å². The Balaban J connectivity index is 1.07. The molecule has 4 saturated heterocycles. The number of hydrogen-bond donors (Lipinski definition) is 2. The molecule has 0 saturated carbocycles. The fourth-order valence-electron chi connectivity index (χ4n) is 7.43. The van der Waals surface area contributed by atoms with Crippen molar-refractivity contribution in [1.29, 1.82) is 0 Å². The molecular formula is C33H36N4O2S. The standard InChI is InChI=1S/C33H36N4O2S/c38-30-16-15-29(32(39)34-30)37-19-25-17-22(11-14-28(25)33(37)40)18-35-20-27-13-12-26(35)21-36(27)31(23-7-3-1-4-8-23)24-9-5-2-6-10-24/h1-11,14,17,26-27,29,31,33,40H,12-13,15-16,18-21H2,(H,34,38,39). The highest BCUT2D eigenvalue weighted by atomic mass is 32.1. The number of piperazine rings is 1. The fraction of sp³-hybridized carbons (Fsp3) is 0.394. The average Bonchev–Trinajstić information content (AvgIpc) is 3.30.